The zero-order valence-corrected chi connectivity index (χ0v) is 20.8. The van der Waals surface area contributed by atoms with Gasteiger partial charge in [0, 0.05) is 39.8 Å². The Morgan fingerprint density at radius 2 is 2.03 bits per heavy atom. The molecule has 1 unspecified atom stereocenters. The number of pyridine rings is 1. The van der Waals surface area contributed by atoms with Gasteiger partial charge < -0.3 is 10.6 Å². The van der Waals surface area contributed by atoms with Crippen LogP contribution in [0.25, 0.3) is 11.1 Å². The minimum absolute atomic E-state index is 0.121. The van der Waals surface area contributed by atoms with Crippen molar-refractivity contribution in [2.24, 2.45) is 0 Å². The van der Waals surface area contributed by atoms with Crippen LogP contribution in [0.15, 0.2) is 59.2 Å². The highest BCUT2D eigenvalue weighted by molar-refractivity contribution is 9.10. The Hall–Kier alpha value is -2.77. The summed E-state index contributed by atoms with van der Waals surface area (Å²) in [5.74, 6) is -0.322. The number of fused-ring (bicyclic) bond motifs is 4. The van der Waals surface area contributed by atoms with E-state index in [1.807, 2.05) is 18.2 Å². The third kappa shape index (κ3) is 5.83. The van der Waals surface area contributed by atoms with E-state index in [4.69, 9.17) is 11.6 Å². The molecule has 34 heavy (non-hydrogen) atoms. The smallest absolute Gasteiger partial charge is 0.252 e. The number of halogens is 3. The number of nitrogens with one attached hydrogen (secondary N) is 2. The van der Waals surface area contributed by atoms with Gasteiger partial charge in [-0.3, -0.25) is 14.6 Å². The van der Waals surface area contributed by atoms with Crippen molar-refractivity contribution in [1.82, 2.24) is 10.3 Å². The van der Waals surface area contributed by atoms with E-state index in [0.717, 1.165) is 16.5 Å². The molecule has 2 N–H and O–H groups in total. The molecular weight excluding hydrogens is 521 g/mol. The van der Waals surface area contributed by atoms with Crippen LogP contribution < -0.4 is 10.6 Å². The lowest BCUT2D eigenvalue weighted by molar-refractivity contribution is -0.116. The van der Waals surface area contributed by atoms with E-state index in [9.17, 15) is 14.0 Å². The highest BCUT2D eigenvalue weighted by Gasteiger charge is 2.21. The summed E-state index contributed by atoms with van der Waals surface area (Å²) >= 11 is 9.40. The number of amides is 2. The zero-order valence-electron chi connectivity index (χ0n) is 18.4. The third-order valence-electron chi connectivity index (χ3n) is 5.83. The summed E-state index contributed by atoms with van der Waals surface area (Å²) in [5.41, 5.74) is 3.94. The highest BCUT2D eigenvalue weighted by atomic mass is 79.9. The number of nitrogens with zero attached hydrogens (tertiary/aromatic N) is 1. The second-order valence-corrected chi connectivity index (χ2v) is 9.51. The number of carbonyl (C=O) groups is 2. The molecule has 0 radical (unpaired) electrons. The fraction of sp³-hybridized carbons (Fsp3) is 0.269. The minimum atomic E-state index is -0.398. The van der Waals surface area contributed by atoms with Crippen LogP contribution in [-0.2, 0) is 11.2 Å². The van der Waals surface area contributed by atoms with Crippen LogP contribution in [0.3, 0.4) is 0 Å². The van der Waals surface area contributed by atoms with Crippen LogP contribution in [0.1, 0.15) is 53.3 Å². The van der Waals surface area contributed by atoms with E-state index in [1.54, 1.807) is 24.4 Å². The molecule has 3 aromatic rings. The number of hydrogen-bond acceptors (Lipinski definition) is 3. The maximum Gasteiger partial charge on any atom is 0.252 e. The van der Waals surface area contributed by atoms with Crippen LogP contribution >= 0.6 is 27.5 Å². The minimum Gasteiger partial charge on any atom is -0.344 e. The van der Waals surface area contributed by atoms with Crippen molar-refractivity contribution in [2.75, 3.05) is 11.2 Å². The van der Waals surface area contributed by atoms with Gasteiger partial charge in [-0.15, -0.1) is 11.6 Å². The summed E-state index contributed by atoms with van der Waals surface area (Å²) in [6.07, 6.45) is 4.56. The lowest BCUT2D eigenvalue weighted by Crippen LogP contribution is -2.30. The van der Waals surface area contributed by atoms with Gasteiger partial charge in [0.1, 0.15) is 5.82 Å². The molecule has 0 spiro atoms. The first-order valence-electron chi connectivity index (χ1n) is 11.2. The Bertz CT molecular complexity index is 1220. The van der Waals surface area contributed by atoms with Gasteiger partial charge in [0.05, 0.1) is 11.7 Å². The summed E-state index contributed by atoms with van der Waals surface area (Å²) in [6.45, 7) is 0. The van der Waals surface area contributed by atoms with Crippen LogP contribution in [0, 0.1) is 5.82 Å². The van der Waals surface area contributed by atoms with E-state index in [-0.39, 0.29) is 17.9 Å². The fourth-order valence-corrected chi connectivity index (χ4v) is 4.75. The molecule has 1 aliphatic heterocycles. The number of aromatic nitrogens is 1. The van der Waals surface area contributed by atoms with Gasteiger partial charge in [-0.25, -0.2) is 4.39 Å². The standard InChI is InChI=1S/C26H24BrClFN3O2/c27-18-5-7-20(16(13-18)9-11-28)26(34)32-23-3-1-2-4-25(33)31-22-8-6-19(29)15-21(22)17-10-12-30-24(23)14-17/h5-8,10,12-15,23H,1-4,9,11H2,(H,31,33)(H,32,34). The molecule has 0 saturated heterocycles. The monoisotopic (exact) mass is 543 g/mol. The van der Waals surface area contributed by atoms with Crippen molar-refractivity contribution >= 4 is 45.0 Å². The van der Waals surface area contributed by atoms with Crippen LogP contribution in [0.2, 0.25) is 0 Å². The largest absolute Gasteiger partial charge is 0.344 e. The molecule has 2 heterocycles. The zero-order chi connectivity index (χ0) is 24.1. The Morgan fingerprint density at radius 3 is 2.85 bits per heavy atom. The highest BCUT2D eigenvalue weighted by Crippen LogP contribution is 2.32. The van der Waals surface area contributed by atoms with E-state index in [1.165, 1.54) is 12.1 Å². The van der Waals surface area contributed by atoms with Crippen molar-refractivity contribution in [1.29, 1.82) is 0 Å². The number of benzene rings is 2. The number of aryl methyl sites for hydroxylation is 1. The normalized spacial score (nSPS) is 16.0. The maximum atomic E-state index is 14.1. The molecule has 176 valence electrons. The van der Waals surface area contributed by atoms with Gasteiger partial charge >= 0.3 is 0 Å². The van der Waals surface area contributed by atoms with E-state index in [2.05, 4.69) is 31.5 Å². The lowest BCUT2D eigenvalue weighted by atomic mass is 9.97. The average molecular weight is 545 g/mol. The SMILES string of the molecule is O=C1CCCCC(NC(=O)c2ccc(Br)cc2CCCl)c2cc(ccn2)-c2cc(F)ccc2N1. The summed E-state index contributed by atoms with van der Waals surface area (Å²) in [6, 6.07) is 13.1. The molecule has 0 aliphatic carbocycles. The molecule has 8 heteroatoms. The predicted octanol–water partition coefficient (Wildman–Crippen LogP) is 6.42. The third-order valence-corrected chi connectivity index (χ3v) is 6.51. The molecule has 2 bridgehead atoms. The Morgan fingerprint density at radius 1 is 1.18 bits per heavy atom. The van der Waals surface area contributed by atoms with E-state index >= 15 is 0 Å². The quantitative estimate of drug-likeness (QED) is 0.373. The summed E-state index contributed by atoms with van der Waals surface area (Å²) in [7, 11) is 0. The Kier molecular flexibility index (Phi) is 7.95. The van der Waals surface area contributed by atoms with Crippen LogP contribution in [0.4, 0.5) is 10.1 Å². The van der Waals surface area contributed by atoms with Gasteiger partial charge in [-0.1, -0.05) is 22.4 Å². The molecule has 0 fully saturated rings. The second kappa shape index (κ2) is 11.1. The number of anilines is 1. The van der Waals surface area contributed by atoms with Crippen LogP contribution in [0.5, 0.6) is 0 Å². The first kappa shape index (κ1) is 24.4. The molecule has 0 saturated carbocycles. The summed E-state index contributed by atoms with van der Waals surface area (Å²) in [5, 5.41) is 6.02. The predicted molar refractivity (Wildman–Crippen MR) is 136 cm³/mol. The number of alkyl halides is 1. The molecule has 1 aliphatic rings. The molecule has 4 rings (SSSR count). The summed E-state index contributed by atoms with van der Waals surface area (Å²) in [4.78, 5) is 30.2. The average Bonchev–Trinajstić information content (AvgIpc) is 2.82. The van der Waals surface area contributed by atoms with Crippen molar-refractivity contribution in [3.05, 3.63) is 81.8 Å². The van der Waals surface area contributed by atoms with E-state index in [0.29, 0.717) is 59.6 Å². The van der Waals surface area contributed by atoms with Gasteiger partial charge in [-0.05, 0) is 78.9 Å². The Balaban J connectivity index is 1.70. The first-order chi connectivity index (χ1) is 16.4. The number of rotatable bonds is 4. The fourth-order valence-electron chi connectivity index (χ4n) is 4.14. The van der Waals surface area contributed by atoms with Gasteiger partial charge in [0.2, 0.25) is 5.91 Å². The van der Waals surface area contributed by atoms with Crippen molar-refractivity contribution < 1.29 is 14.0 Å². The summed E-state index contributed by atoms with van der Waals surface area (Å²) < 4.78 is 15.0. The van der Waals surface area contributed by atoms with Gasteiger partial charge in [0.15, 0.2) is 0 Å². The molecule has 1 aromatic heterocycles. The van der Waals surface area contributed by atoms with E-state index < -0.39 is 5.82 Å². The number of carbonyl (C=O) groups excluding carboxylic acids is 2. The van der Waals surface area contributed by atoms with Crippen molar-refractivity contribution in [3.8, 4) is 11.1 Å². The molecular formula is C26H24BrClFN3O2. The maximum absolute atomic E-state index is 14.1. The van der Waals surface area contributed by atoms with Crippen molar-refractivity contribution in [3.63, 3.8) is 0 Å². The van der Waals surface area contributed by atoms with Gasteiger partial charge in [-0.2, -0.15) is 0 Å². The lowest BCUT2D eigenvalue weighted by Gasteiger charge is -2.21. The van der Waals surface area contributed by atoms with Crippen LogP contribution in [-0.4, -0.2) is 22.7 Å². The van der Waals surface area contributed by atoms with Gasteiger partial charge in [0.25, 0.3) is 5.91 Å². The molecule has 2 amide bonds. The topological polar surface area (TPSA) is 71.1 Å². The first-order valence-corrected chi connectivity index (χ1v) is 12.5. The van der Waals surface area contributed by atoms with Crippen molar-refractivity contribution in [2.45, 2.75) is 38.1 Å². The second-order valence-electron chi connectivity index (χ2n) is 8.22. The molecule has 2 aromatic carbocycles. The number of hydrogen-bond donors (Lipinski definition) is 2. The molecule has 1 atom stereocenters. The Labute approximate surface area is 211 Å². The molecule has 5 nitrogen and oxygen atoms in total.